The number of likely N-dealkylation sites (tertiary alicyclic amines) is 1. The lowest BCUT2D eigenvalue weighted by Crippen LogP contribution is -2.41. The second kappa shape index (κ2) is 13.9. The molecule has 1 fully saturated rings. The van der Waals surface area contributed by atoms with E-state index in [9.17, 15) is 9.59 Å². The first-order valence-corrected chi connectivity index (χ1v) is 14.2. The van der Waals surface area contributed by atoms with Crippen molar-refractivity contribution in [2.75, 3.05) is 31.6 Å². The fourth-order valence-corrected chi connectivity index (χ4v) is 5.19. The molecule has 0 amide bonds. The van der Waals surface area contributed by atoms with Crippen molar-refractivity contribution in [1.82, 2.24) is 19.4 Å². The Kier molecular flexibility index (Phi) is 9.57. The normalized spacial score (nSPS) is 18.5. The van der Waals surface area contributed by atoms with Gasteiger partial charge in [-0.3, -0.25) is 9.47 Å². The molecule has 0 saturated carbocycles. The maximum atomic E-state index is 9.55. The highest BCUT2D eigenvalue weighted by Gasteiger charge is 2.26. The smallest absolute Gasteiger partial charge is 0.328 e. The maximum absolute atomic E-state index is 9.55. The Labute approximate surface area is 248 Å². The molecular weight excluding hydrogens is 554 g/mol. The number of carbonyl (C=O) groups is 2. The number of nitrogens with zero attached hydrogens (tertiary/aromatic N) is 4. The molecule has 2 atom stereocenters. The van der Waals surface area contributed by atoms with Gasteiger partial charge in [0, 0.05) is 37.5 Å². The summed E-state index contributed by atoms with van der Waals surface area (Å²) in [4.78, 5) is 31.1. The summed E-state index contributed by atoms with van der Waals surface area (Å²) in [6, 6.07) is 16.2. The van der Waals surface area contributed by atoms with E-state index in [1.54, 1.807) is 0 Å². The van der Waals surface area contributed by atoms with Gasteiger partial charge in [0.1, 0.15) is 29.7 Å². The Morgan fingerprint density at radius 2 is 1.81 bits per heavy atom. The number of fused-ring (bicyclic) bond motifs is 2. The summed E-state index contributed by atoms with van der Waals surface area (Å²) in [7, 11) is 0. The van der Waals surface area contributed by atoms with Gasteiger partial charge in [-0.1, -0.05) is 12.1 Å². The van der Waals surface area contributed by atoms with Crippen molar-refractivity contribution in [3.05, 3.63) is 78.4 Å². The lowest BCUT2D eigenvalue weighted by Gasteiger charge is -2.30. The molecule has 12 nitrogen and oxygen atoms in total. The van der Waals surface area contributed by atoms with Crippen LogP contribution in [0.5, 0.6) is 11.5 Å². The molecule has 0 spiro atoms. The van der Waals surface area contributed by atoms with Gasteiger partial charge in [0.2, 0.25) is 5.95 Å². The molecule has 2 unspecified atom stereocenters. The highest BCUT2D eigenvalue weighted by Crippen LogP contribution is 2.31. The molecule has 1 aromatic carbocycles. The van der Waals surface area contributed by atoms with E-state index in [1.165, 1.54) is 0 Å². The van der Waals surface area contributed by atoms with Gasteiger partial charge >= 0.3 is 11.9 Å². The van der Waals surface area contributed by atoms with Crippen molar-refractivity contribution in [2.24, 2.45) is 0 Å². The van der Waals surface area contributed by atoms with Crippen molar-refractivity contribution < 1.29 is 33.7 Å². The van der Waals surface area contributed by atoms with E-state index < -0.39 is 11.9 Å². The number of pyridine rings is 1. The Morgan fingerprint density at radius 3 is 2.56 bits per heavy atom. The third-order valence-corrected chi connectivity index (χ3v) is 7.17. The largest absolute Gasteiger partial charge is 0.486 e. The van der Waals surface area contributed by atoms with Gasteiger partial charge < -0.3 is 29.4 Å². The summed E-state index contributed by atoms with van der Waals surface area (Å²) >= 11 is 0. The second-order valence-corrected chi connectivity index (χ2v) is 10.5. The fraction of sp³-hybridized carbons (Fsp3) is 0.355. The predicted octanol–water partition coefficient (Wildman–Crippen LogP) is 4.20. The van der Waals surface area contributed by atoms with E-state index in [1.807, 2.05) is 61.7 Å². The minimum Gasteiger partial charge on any atom is -0.486 e. The molecule has 12 heteroatoms. The highest BCUT2D eigenvalue weighted by atomic mass is 16.6. The zero-order chi connectivity index (χ0) is 30.2. The monoisotopic (exact) mass is 589 g/mol. The number of furan rings is 1. The number of nitrogens with one attached hydrogen (secondary N) is 1. The fourth-order valence-electron chi connectivity index (χ4n) is 5.19. The number of rotatable bonds is 8. The van der Waals surface area contributed by atoms with Gasteiger partial charge in [0.25, 0.3) is 0 Å². The van der Waals surface area contributed by atoms with Crippen LogP contribution in [0.1, 0.15) is 30.8 Å². The van der Waals surface area contributed by atoms with Crippen molar-refractivity contribution in [3.8, 4) is 11.5 Å². The zero-order valence-corrected chi connectivity index (χ0v) is 23.9. The number of ether oxygens (including phenoxy) is 2. The van der Waals surface area contributed by atoms with Crippen LogP contribution >= 0.6 is 0 Å². The van der Waals surface area contributed by atoms with Gasteiger partial charge in [-0.25, -0.2) is 19.6 Å². The lowest BCUT2D eigenvalue weighted by molar-refractivity contribution is -0.134. The third kappa shape index (κ3) is 8.13. The zero-order valence-electron chi connectivity index (χ0n) is 23.9. The molecule has 5 heterocycles. The van der Waals surface area contributed by atoms with Crippen LogP contribution < -0.4 is 14.8 Å². The van der Waals surface area contributed by atoms with Gasteiger partial charge in [-0.2, -0.15) is 0 Å². The Bertz CT molecular complexity index is 1560. The van der Waals surface area contributed by atoms with Gasteiger partial charge in [-0.15, -0.1) is 0 Å². The first-order valence-electron chi connectivity index (χ1n) is 14.2. The predicted molar refractivity (Wildman–Crippen MR) is 159 cm³/mol. The molecular formula is C31H35N5O7. The standard InChI is InChI=1S/C27H31N5O3.C4H4O4/c1-19-10-11-21(34-19)17-32-26-23(7-4-13-28-26)30-27(32)29-20-6-5-14-31(15-12-20)16-22-18-33-24-8-2-3-9-25(24)35-22;5-3(6)1-2-4(7)8/h2-4,7-11,13,20,22H,5-6,12,14-18H2,1H3,(H,29,30);1-2H,(H,5,6)(H,7,8)/b;2-1+. The van der Waals surface area contributed by atoms with Crippen molar-refractivity contribution in [2.45, 2.75) is 44.9 Å². The molecule has 2 aliphatic rings. The molecule has 226 valence electrons. The SMILES string of the molecule is Cc1ccc(Cn2c(NC3CCCN(CC4COc5ccccc5O4)CC3)nc3cccnc32)o1.O=C(O)/C=C/C(=O)O. The average Bonchev–Trinajstić information content (AvgIpc) is 3.48. The lowest BCUT2D eigenvalue weighted by atomic mass is 10.1. The number of aryl methyl sites for hydroxylation is 1. The van der Waals surface area contributed by atoms with Crippen LogP contribution in [0, 0.1) is 6.92 Å². The van der Waals surface area contributed by atoms with Gasteiger partial charge in [-0.05, 0) is 69.1 Å². The van der Waals surface area contributed by atoms with Crippen LogP contribution in [-0.4, -0.2) is 80.0 Å². The van der Waals surface area contributed by atoms with E-state index in [-0.39, 0.29) is 6.10 Å². The van der Waals surface area contributed by atoms with Crippen LogP contribution in [0.15, 0.2) is 71.3 Å². The Morgan fingerprint density at radius 1 is 1.02 bits per heavy atom. The van der Waals surface area contributed by atoms with Gasteiger partial charge in [0.05, 0.1) is 6.54 Å². The number of hydrogen-bond donors (Lipinski definition) is 3. The number of anilines is 1. The maximum Gasteiger partial charge on any atom is 0.328 e. The molecule has 2 aliphatic heterocycles. The summed E-state index contributed by atoms with van der Waals surface area (Å²) in [5.41, 5.74) is 1.76. The number of aromatic nitrogens is 3. The number of aliphatic carboxylic acids is 2. The second-order valence-electron chi connectivity index (χ2n) is 10.5. The molecule has 3 aromatic heterocycles. The summed E-state index contributed by atoms with van der Waals surface area (Å²) in [5.74, 6) is 1.83. The van der Waals surface area contributed by atoms with E-state index >= 15 is 0 Å². The first-order chi connectivity index (χ1) is 20.8. The topological polar surface area (TPSA) is 152 Å². The first kappa shape index (κ1) is 29.6. The van der Waals surface area contributed by atoms with Crippen molar-refractivity contribution >= 4 is 29.1 Å². The van der Waals surface area contributed by atoms with Crippen molar-refractivity contribution in [1.29, 1.82) is 0 Å². The van der Waals surface area contributed by atoms with Crippen LogP contribution in [0.25, 0.3) is 11.2 Å². The molecule has 0 bridgehead atoms. The third-order valence-electron chi connectivity index (χ3n) is 7.17. The van der Waals surface area contributed by atoms with E-state index in [4.69, 9.17) is 29.1 Å². The molecule has 43 heavy (non-hydrogen) atoms. The van der Waals surface area contributed by atoms with E-state index in [2.05, 4.69) is 19.8 Å². The number of carboxylic acid groups (broad SMARTS) is 2. The minimum atomic E-state index is -1.26. The summed E-state index contributed by atoms with van der Waals surface area (Å²) < 4.78 is 20.1. The van der Waals surface area contributed by atoms with Crippen LogP contribution in [0.4, 0.5) is 5.95 Å². The van der Waals surface area contributed by atoms with Crippen molar-refractivity contribution in [3.63, 3.8) is 0 Å². The highest BCUT2D eigenvalue weighted by molar-refractivity contribution is 5.89. The van der Waals surface area contributed by atoms with Crippen LogP contribution in [0.2, 0.25) is 0 Å². The molecule has 1 saturated heterocycles. The number of carboxylic acids is 2. The average molecular weight is 590 g/mol. The Hall–Kier alpha value is -4.84. The quantitative estimate of drug-likeness (QED) is 0.254. The number of hydrogen-bond acceptors (Lipinski definition) is 9. The number of benzene rings is 1. The molecule has 4 aromatic rings. The summed E-state index contributed by atoms with van der Waals surface area (Å²) in [5, 5.41) is 19.4. The molecule has 0 aliphatic carbocycles. The summed E-state index contributed by atoms with van der Waals surface area (Å²) in [6.45, 7) is 6.11. The van der Waals surface area contributed by atoms with Crippen LogP contribution in [-0.2, 0) is 16.1 Å². The minimum absolute atomic E-state index is 0.0569. The van der Waals surface area contributed by atoms with E-state index in [0.717, 1.165) is 79.0 Å². The number of para-hydroxylation sites is 2. The van der Waals surface area contributed by atoms with E-state index in [0.29, 0.717) is 31.3 Å². The number of imidazole rings is 1. The molecule has 0 radical (unpaired) electrons. The Balaban J connectivity index is 0.000000407. The molecule has 3 N–H and O–H groups in total. The van der Waals surface area contributed by atoms with Crippen LogP contribution in [0.3, 0.4) is 0 Å². The van der Waals surface area contributed by atoms with Gasteiger partial charge in [0.15, 0.2) is 17.1 Å². The summed E-state index contributed by atoms with van der Waals surface area (Å²) in [6.07, 6.45) is 6.25. The molecule has 6 rings (SSSR count).